The summed E-state index contributed by atoms with van der Waals surface area (Å²) in [6.07, 6.45) is 0. The van der Waals surface area contributed by atoms with Gasteiger partial charge in [-0.15, -0.1) is 0 Å². The van der Waals surface area contributed by atoms with Crippen LogP contribution in [0.5, 0.6) is 0 Å². The molecule has 0 heterocycles. The topological polar surface area (TPSA) is 104 Å². The first-order valence-corrected chi connectivity index (χ1v) is 1.65. The third-order valence-electron chi connectivity index (χ3n) is 0. The van der Waals surface area contributed by atoms with Crippen molar-refractivity contribution in [1.82, 2.24) is 6.15 Å². The van der Waals surface area contributed by atoms with E-state index in [2.05, 4.69) is 0 Å². The number of hydrogen-bond acceptors (Lipinski definition) is 3. The molecule has 0 spiro atoms. The molecule has 0 fully saturated rings. The summed E-state index contributed by atoms with van der Waals surface area (Å²) in [6, 6.07) is 0. The summed E-state index contributed by atoms with van der Waals surface area (Å²) in [7, 11) is 1.00. The highest BCUT2D eigenvalue weighted by atomic mass is 16.2. The molecule has 0 aromatic rings. The molecule has 0 aromatic heterocycles. The molecule has 0 rings (SSSR count). The van der Waals surface area contributed by atoms with Gasteiger partial charge in [0.25, 0.3) is 0 Å². The van der Waals surface area contributed by atoms with Crippen LogP contribution < -0.4 is 6.15 Å². The van der Waals surface area contributed by atoms with Gasteiger partial charge in [-0.05, 0) is 13.8 Å². The van der Waals surface area contributed by atoms with E-state index in [1.165, 1.54) is 13.8 Å². The first kappa shape index (κ1) is 25.7. The SMILES string of the molecule is CC(C)=O.CO.N.O. The average Bonchev–Trinajstić information content (AvgIpc) is 1.41. The van der Waals surface area contributed by atoms with Crippen molar-refractivity contribution in [2.45, 2.75) is 13.8 Å². The molecule has 0 amide bonds. The van der Waals surface area contributed by atoms with Crippen LogP contribution in [0.3, 0.4) is 0 Å². The zero-order valence-corrected chi connectivity index (χ0v) is 5.56. The smallest absolute Gasteiger partial charge is 0.126 e. The van der Waals surface area contributed by atoms with Crippen LogP contribution in [0, 0.1) is 0 Å². The number of aliphatic hydroxyl groups is 1. The van der Waals surface area contributed by atoms with Gasteiger partial charge in [-0.1, -0.05) is 0 Å². The minimum Gasteiger partial charge on any atom is -0.412 e. The Hall–Kier alpha value is -0.450. The van der Waals surface area contributed by atoms with Gasteiger partial charge in [0.2, 0.25) is 0 Å². The van der Waals surface area contributed by atoms with E-state index in [9.17, 15) is 4.79 Å². The highest BCUT2D eigenvalue weighted by Crippen LogP contribution is 1.50. The lowest BCUT2D eigenvalue weighted by Gasteiger charge is -1.56. The lowest BCUT2D eigenvalue weighted by atomic mass is 10.6. The molecule has 0 aliphatic rings. The van der Waals surface area contributed by atoms with Crippen LogP contribution in [0.2, 0.25) is 0 Å². The van der Waals surface area contributed by atoms with Gasteiger partial charge >= 0.3 is 0 Å². The summed E-state index contributed by atoms with van der Waals surface area (Å²) in [5, 5.41) is 7.00. The number of carbonyl (C=O) groups is 1. The standard InChI is InChI=1S/C3H6O.CH4O.H3N.H2O/c1-3(2)4;1-2;;/h1-2H3;2H,1H3;1H3;1H2. The van der Waals surface area contributed by atoms with E-state index >= 15 is 0 Å². The molecule has 0 aliphatic heterocycles. The van der Waals surface area contributed by atoms with E-state index < -0.39 is 0 Å². The predicted molar refractivity (Wildman–Crippen MR) is 33.1 cm³/mol. The third-order valence-corrected chi connectivity index (χ3v) is 0. The number of rotatable bonds is 0. The van der Waals surface area contributed by atoms with Crippen molar-refractivity contribution in [2.75, 3.05) is 7.11 Å². The van der Waals surface area contributed by atoms with Crippen LogP contribution in [0.25, 0.3) is 0 Å². The number of aliphatic hydroxyl groups excluding tert-OH is 1. The molecule has 0 atom stereocenters. The largest absolute Gasteiger partial charge is 0.412 e. The van der Waals surface area contributed by atoms with Crippen molar-refractivity contribution < 1.29 is 15.4 Å². The Kier molecular flexibility index (Phi) is 99.7. The van der Waals surface area contributed by atoms with E-state index in [1.807, 2.05) is 0 Å². The van der Waals surface area contributed by atoms with Crippen LogP contribution in [0.4, 0.5) is 0 Å². The van der Waals surface area contributed by atoms with Gasteiger partial charge in [0.1, 0.15) is 5.78 Å². The van der Waals surface area contributed by atoms with Gasteiger partial charge in [0, 0.05) is 7.11 Å². The Labute approximate surface area is 49.4 Å². The van der Waals surface area contributed by atoms with E-state index in [0.29, 0.717) is 0 Å². The maximum Gasteiger partial charge on any atom is 0.126 e. The highest BCUT2D eigenvalue weighted by molar-refractivity contribution is 5.72. The summed E-state index contributed by atoms with van der Waals surface area (Å²) < 4.78 is 0. The van der Waals surface area contributed by atoms with E-state index in [-0.39, 0.29) is 17.4 Å². The predicted octanol–water partition coefficient (Wildman–Crippen LogP) is -0.459. The Morgan fingerprint density at radius 2 is 1.25 bits per heavy atom. The van der Waals surface area contributed by atoms with Crippen LogP contribution in [0.15, 0.2) is 0 Å². The first-order chi connectivity index (χ1) is 2.73. The maximum atomic E-state index is 9.44. The van der Waals surface area contributed by atoms with Crippen LogP contribution in [-0.4, -0.2) is 23.5 Å². The maximum absolute atomic E-state index is 9.44. The molecule has 6 N–H and O–H groups in total. The van der Waals surface area contributed by atoms with E-state index in [4.69, 9.17) is 5.11 Å². The number of Topliss-reactive ketones (excluding diaryl/α,β-unsaturated/α-hetero) is 1. The monoisotopic (exact) mass is 125 g/mol. The quantitative estimate of drug-likeness (QED) is 0.457. The molecular weight excluding hydrogens is 110 g/mol. The summed E-state index contributed by atoms with van der Waals surface area (Å²) >= 11 is 0. The van der Waals surface area contributed by atoms with E-state index in [0.717, 1.165) is 7.11 Å². The number of ketones is 1. The van der Waals surface area contributed by atoms with Crippen molar-refractivity contribution in [3.8, 4) is 0 Å². The minimum atomic E-state index is 0. The molecule has 0 unspecified atom stereocenters. The zero-order valence-electron chi connectivity index (χ0n) is 5.56. The van der Waals surface area contributed by atoms with Crippen LogP contribution >= 0.6 is 0 Å². The Morgan fingerprint density at radius 3 is 1.25 bits per heavy atom. The summed E-state index contributed by atoms with van der Waals surface area (Å²) in [5.74, 6) is 0.167. The van der Waals surface area contributed by atoms with Gasteiger partial charge in [0.15, 0.2) is 0 Å². The molecule has 0 aliphatic carbocycles. The van der Waals surface area contributed by atoms with E-state index in [1.54, 1.807) is 0 Å². The fourth-order valence-electron chi connectivity index (χ4n) is 0. The molecular formula is C4H15NO3. The Balaban J connectivity index is -0.0000000183. The van der Waals surface area contributed by atoms with Crippen molar-refractivity contribution in [3.05, 3.63) is 0 Å². The van der Waals surface area contributed by atoms with Gasteiger partial charge in [-0.25, -0.2) is 0 Å². The second kappa shape index (κ2) is 31.0. The fourth-order valence-corrected chi connectivity index (χ4v) is 0. The van der Waals surface area contributed by atoms with Crippen molar-refractivity contribution in [2.24, 2.45) is 0 Å². The fraction of sp³-hybridized carbons (Fsp3) is 0.750. The average molecular weight is 125 g/mol. The van der Waals surface area contributed by atoms with Crippen molar-refractivity contribution >= 4 is 5.78 Å². The van der Waals surface area contributed by atoms with Gasteiger partial charge in [-0.3, -0.25) is 0 Å². The molecule has 0 radical (unpaired) electrons. The molecule has 8 heavy (non-hydrogen) atoms. The molecule has 0 aromatic carbocycles. The first-order valence-electron chi connectivity index (χ1n) is 1.65. The second-order valence-electron chi connectivity index (χ2n) is 0.908. The van der Waals surface area contributed by atoms with Gasteiger partial charge in [-0.2, -0.15) is 0 Å². The third kappa shape index (κ3) is 567. The Bertz CT molecular complexity index is 34.3. The molecule has 0 saturated carbocycles. The zero-order chi connectivity index (χ0) is 5.58. The minimum absolute atomic E-state index is 0. The molecule has 0 bridgehead atoms. The van der Waals surface area contributed by atoms with Crippen molar-refractivity contribution in [1.29, 1.82) is 0 Å². The normalized spacial score (nSPS) is 4.00. The second-order valence-corrected chi connectivity index (χ2v) is 0.908. The Morgan fingerprint density at radius 1 is 1.25 bits per heavy atom. The van der Waals surface area contributed by atoms with Gasteiger partial charge < -0.3 is 21.5 Å². The van der Waals surface area contributed by atoms with Crippen LogP contribution in [-0.2, 0) is 4.79 Å². The molecule has 54 valence electrons. The van der Waals surface area contributed by atoms with Crippen molar-refractivity contribution in [3.63, 3.8) is 0 Å². The van der Waals surface area contributed by atoms with Crippen LogP contribution in [0.1, 0.15) is 13.8 Å². The number of hydrogen-bond donors (Lipinski definition) is 2. The molecule has 0 saturated heterocycles. The molecule has 4 heteroatoms. The summed E-state index contributed by atoms with van der Waals surface area (Å²) in [6.45, 7) is 3.06. The number of carbonyl (C=O) groups excluding carboxylic acids is 1. The lowest BCUT2D eigenvalue weighted by molar-refractivity contribution is -0.114. The summed E-state index contributed by atoms with van der Waals surface area (Å²) in [5.41, 5.74) is 0. The lowest BCUT2D eigenvalue weighted by Crippen LogP contribution is -1.69. The summed E-state index contributed by atoms with van der Waals surface area (Å²) in [4.78, 5) is 9.44. The highest BCUT2D eigenvalue weighted by Gasteiger charge is 1.62. The van der Waals surface area contributed by atoms with Gasteiger partial charge in [0.05, 0.1) is 0 Å². The molecule has 4 nitrogen and oxygen atoms in total.